The number of ether oxygens (including phenoxy) is 1. The van der Waals surface area contributed by atoms with Crippen molar-refractivity contribution in [3.63, 3.8) is 0 Å². The molecule has 0 fully saturated rings. The Hall–Kier alpha value is -1.02. The SMILES string of the molecule is CCCCCCCCOc1cccc(CNCC(C)(C)C)c1. The third-order valence-corrected chi connectivity index (χ3v) is 3.65. The Balaban J connectivity index is 2.20. The Morgan fingerprint density at radius 1 is 1.00 bits per heavy atom. The smallest absolute Gasteiger partial charge is 0.119 e. The molecule has 1 aromatic carbocycles. The molecule has 0 saturated carbocycles. The van der Waals surface area contributed by atoms with Gasteiger partial charge in [-0.2, -0.15) is 0 Å². The Morgan fingerprint density at radius 3 is 2.45 bits per heavy atom. The molecular weight excluding hydrogens is 270 g/mol. The summed E-state index contributed by atoms with van der Waals surface area (Å²) in [5, 5.41) is 3.51. The molecule has 2 heteroatoms. The van der Waals surface area contributed by atoms with Crippen molar-refractivity contribution in [1.82, 2.24) is 5.32 Å². The first-order valence-corrected chi connectivity index (χ1v) is 8.94. The second-order valence-corrected chi connectivity index (χ2v) is 7.43. The van der Waals surface area contributed by atoms with Crippen LogP contribution in [-0.2, 0) is 6.54 Å². The van der Waals surface area contributed by atoms with Crippen LogP contribution < -0.4 is 10.1 Å². The highest BCUT2D eigenvalue weighted by Crippen LogP contribution is 2.15. The Labute approximate surface area is 137 Å². The van der Waals surface area contributed by atoms with Crippen LogP contribution in [0.3, 0.4) is 0 Å². The highest BCUT2D eigenvalue weighted by Gasteiger charge is 2.08. The van der Waals surface area contributed by atoms with Crippen LogP contribution in [0.2, 0.25) is 0 Å². The van der Waals surface area contributed by atoms with Crippen LogP contribution in [0.4, 0.5) is 0 Å². The third-order valence-electron chi connectivity index (χ3n) is 3.65. The van der Waals surface area contributed by atoms with E-state index in [0.29, 0.717) is 5.41 Å². The summed E-state index contributed by atoms with van der Waals surface area (Å²) in [6, 6.07) is 8.47. The zero-order valence-corrected chi connectivity index (χ0v) is 15.1. The van der Waals surface area contributed by atoms with Crippen molar-refractivity contribution in [1.29, 1.82) is 0 Å². The molecule has 0 bridgehead atoms. The molecule has 0 aliphatic rings. The summed E-state index contributed by atoms with van der Waals surface area (Å²) in [6.07, 6.45) is 7.83. The van der Waals surface area contributed by atoms with Gasteiger partial charge in [-0.15, -0.1) is 0 Å². The maximum atomic E-state index is 5.87. The highest BCUT2D eigenvalue weighted by atomic mass is 16.5. The summed E-state index contributed by atoms with van der Waals surface area (Å²) < 4.78 is 5.87. The number of nitrogens with one attached hydrogen (secondary N) is 1. The lowest BCUT2D eigenvalue weighted by atomic mass is 9.97. The fourth-order valence-electron chi connectivity index (χ4n) is 2.40. The van der Waals surface area contributed by atoms with Gasteiger partial charge >= 0.3 is 0 Å². The van der Waals surface area contributed by atoms with E-state index in [-0.39, 0.29) is 0 Å². The fourth-order valence-corrected chi connectivity index (χ4v) is 2.40. The van der Waals surface area contributed by atoms with Gasteiger partial charge in [0.25, 0.3) is 0 Å². The molecule has 0 amide bonds. The lowest BCUT2D eigenvalue weighted by Crippen LogP contribution is -2.26. The number of hydrogen-bond donors (Lipinski definition) is 1. The molecular formula is C20H35NO. The molecule has 0 unspecified atom stereocenters. The quantitative estimate of drug-likeness (QED) is 0.540. The highest BCUT2D eigenvalue weighted by molar-refractivity contribution is 5.28. The van der Waals surface area contributed by atoms with Gasteiger partial charge in [-0.1, -0.05) is 71.9 Å². The fraction of sp³-hybridized carbons (Fsp3) is 0.700. The molecule has 0 aliphatic heterocycles. The van der Waals surface area contributed by atoms with E-state index < -0.39 is 0 Å². The maximum absolute atomic E-state index is 5.87. The van der Waals surface area contributed by atoms with Crippen molar-refractivity contribution in [2.75, 3.05) is 13.2 Å². The first-order valence-electron chi connectivity index (χ1n) is 8.94. The van der Waals surface area contributed by atoms with E-state index in [1.807, 2.05) is 0 Å². The van der Waals surface area contributed by atoms with Crippen LogP contribution in [0.1, 0.15) is 71.8 Å². The number of unbranched alkanes of at least 4 members (excludes halogenated alkanes) is 5. The average molecular weight is 306 g/mol. The molecule has 22 heavy (non-hydrogen) atoms. The van der Waals surface area contributed by atoms with E-state index in [1.165, 1.54) is 37.7 Å². The van der Waals surface area contributed by atoms with Crippen molar-refractivity contribution in [3.05, 3.63) is 29.8 Å². The molecule has 0 saturated heterocycles. The normalized spacial score (nSPS) is 11.6. The van der Waals surface area contributed by atoms with Gasteiger partial charge in [0.1, 0.15) is 5.75 Å². The van der Waals surface area contributed by atoms with Gasteiger partial charge in [0.05, 0.1) is 6.61 Å². The molecule has 0 atom stereocenters. The van der Waals surface area contributed by atoms with Gasteiger partial charge in [-0.3, -0.25) is 0 Å². The van der Waals surface area contributed by atoms with Gasteiger partial charge in [0.2, 0.25) is 0 Å². The first kappa shape index (κ1) is 19.0. The minimum atomic E-state index is 0.325. The molecule has 0 spiro atoms. The lowest BCUT2D eigenvalue weighted by Gasteiger charge is -2.19. The average Bonchev–Trinajstić information content (AvgIpc) is 2.45. The molecule has 0 aliphatic carbocycles. The predicted molar refractivity (Wildman–Crippen MR) is 96.5 cm³/mol. The van der Waals surface area contributed by atoms with E-state index in [4.69, 9.17) is 4.74 Å². The second kappa shape index (κ2) is 10.7. The molecule has 0 heterocycles. The molecule has 0 aromatic heterocycles. The first-order chi connectivity index (χ1) is 10.5. The summed E-state index contributed by atoms with van der Waals surface area (Å²) >= 11 is 0. The zero-order valence-electron chi connectivity index (χ0n) is 15.1. The van der Waals surface area contributed by atoms with Gasteiger partial charge in [0.15, 0.2) is 0 Å². The minimum absolute atomic E-state index is 0.325. The monoisotopic (exact) mass is 305 g/mol. The van der Waals surface area contributed by atoms with Crippen LogP contribution in [0.15, 0.2) is 24.3 Å². The minimum Gasteiger partial charge on any atom is -0.494 e. The second-order valence-electron chi connectivity index (χ2n) is 7.43. The summed E-state index contributed by atoms with van der Waals surface area (Å²) in [6.45, 7) is 11.8. The maximum Gasteiger partial charge on any atom is 0.119 e. The summed E-state index contributed by atoms with van der Waals surface area (Å²) in [5.41, 5.74) is 1.62. The lowest BCUT2D eigenvalue weighted by molar-refractivity contribution is 0.304. The molecule has 126 valence electrons. The van der Waals surface area contributed by atoms with E-state index >= 15 is 0 Å². The van der Waals surface area contributed by atoms with Crippen molar-refractivity contribution in [3.8, 4) is 5.75 Å². The summed E-state index contributed by atoms with van der Waals surface area (Å²) in [5.74, 6) is 1.00. The van der Waals surface area contributed by atoms with Crippen molar-refractivity contribution in [2.24, 2.45) is 5.41 Å². The van der Waals surface area contributed by atoms with Gasteiger partial charge in [-0.05, 0) is 29.5 Å². The topological polar surface area (TPSA) is 21.3 Å². The third kappa shape index (κ3) is 9.83. The van der Waals surface area contributed by atoms with Crippen LogP contribution in [0.5, 0.6) is 5.75 Å². The van der Waals surface area contributed by atoms with Gasteiger partial charge in [0, 0.05) is 13.1 Å². The predicted octanol–water partition coefficient (Wildman–Crippen LogP) is 5.56. The van der Waals surface area contributed by atoms with E-state index in [1.54, 1.807) is 0 Å². The summed E-state index contributed by atoms with van der Waals surface area (Å²) in [7, 11) is 0. The number of rotatable bonds is 11. The van der Waals surface area contributed by atoms with Crippen molar-refractivity contribution in [2.45, 2.75) is 72.8 Å². The molecule has 2 nitrogen and oxygen atoms in total. The Morgan fingerprint density at radius 2 is 1.73 bits per heavy atom. The molecule has 0 radical (unpaired) electrons. The number of hydrogen-bond acceptors (Lipinski definition) is 2. The Bertz CT molecular complexity index is 395. The molecule has 1 rings (SSSR count). The van der Waals surface area contributed by atoms with E-state index in [2.05, 4.69) is 57.3 Å². The standard InChI is InChI=1S/C20H35NO/c1-5-6-7-8-9-10-14-22-19-13-11-12-18(15-19)16-21-17-20(2,3)4/h11-13,15,21H,5-10,14,16-17H2,1-4H3. The van der Waals surface area contributed by atoms with Gasteiger partial charge in [-0.25, -0.2) is 0 Å². The van der Waals surface area contributed by atoms with Crippen LogP contribution in [-0.4, -0.2) is 13.2 Å². The number of benzene rings is 1. The molecule has 1 N–H and O–H groups in total. The van der Waals surface area contributed by atoms with Crippen molar-refractivity contribution < 1.29 is 4.74 Å². The molecule has 1 aromatic rings. The van der Waals surface area contributed by atoms with E-state index in [0.717, 1.165) is 31.9 Å². The Kier molecular flexibility index (Phi) is 9.22. The summed E-state index contributed by atoms with van der Waals surface area (Å²) in [4.78, 5) is 0. The van der Waals surface area contributed by atoms with Gasteiger partial charge < -0.3 is 10.1 Å². The van der Waals surface area contributed by atoms with E-state index in [9.17, 15) is 0 Å². The zero-order chi connectivity index (χ0) is 16.3. The van der Waals surface area contributed by atoms with Crippen molar-refractivity contribution >= 4 is 0 Å². The van der Waals surface area contributed by atoms with Crippen LogP contribution >= 0.6 is 0 Å². The van der Waals surface area contributed by atoms with Crippen LogP contribution in [0.25, 0.3) is 0 Å². The van der Waals surface area contributed by atoms with Crippen LogP contribution in [0, 0.1) is 5.41 Å². The largest absolute Gasteiger partial charge is 0.494 e.